The highest BCUT2D eigenvalue weighted by molar-refractivity contribution is 7.99. The molecule has 2 aromatic carbocycles. The van der Waals surface area contributed by atoms with E-state index >= 15 is 0 Å². The van der Waals surface area contributed by atoms with Crippen LogP contribution < -0.4 is 10.6 Å². The minimum Gasteiger partial charge on any atom is -0.480 e. The monoisotopic (exact) mass is 595 g/mol. The number of carboxylic acid groups (broad SMARTS) is 2. The molecule has 0 aromatic heterocycles. The summed E-state index contributed by atoms with van der Waals surface area (Å²) in [5, 5.41) is 24.3. The van der Waals surface area contributed by atoms with Gasteiger partial charge in [-0.05, 0) is 42.0 Å². The van der Waals surface area contributed by atoms with E-state index in [1.54, 1.807) is 59.1 Å². The molecule has 208 valence electrons. The molecule has 1 unspecified atom stereocenters. The first-order valence-corrected chi connectivity index (χ1v) is 13.9. The number of amides is 2. The van der Waals surface area contributed by atoms with Crippen LogP contribution in [0.15, 0.2) is 42.5 Å². The summed E-state index contributed by atoms with van der Waals surface area (Å²) < 4.78 is 0. The number of ketones is 1. The number of rotatable bonds is 11. The predicted octanol–water partition coefficient (Wildman–Crippen LogP) is 3.21. The molecule has 1 heterocycles. The maximum atomic E-state index is 13.1. The number of hydrogen-bond acceptors (Lipinski definition) is 7. The molecular formula is C26H27Cl2N3O7S. The summed E-state index contributed by atoms with van der Waals surface area (Å²) >= 11 is 13.8. The van der Waals surface area contributed by atoms with Crippen molar-refractivity contribution < 1.29 is 34.2 Å². The van der Waals surface area contributed by atoms with Gasteiger partial charge in [-0.3, -0.25) is 19.3 Å². The first-order chi connectivity index (χ1) is 18.6. The Morgan fingerprint density at radius 1 is 1.00 bits per heavy atom. The van der Waals surface area contributed by atoms with Crippen LogP contribution in [0.25, 0.3) is 0 Å². The summed E-state index contributed by atoms with van der Waals surface area (Å²) in [6, 6.07) is 9.29. The highest BCUT2D eigenvalue weighted by Gasteiger charge is 2.31. The molecule has 1 saturated heterocycles. The zero-order valence-corrected chi connectivity index (χ0v) is 23.0. The van der Waals surface area contributed by atoms with Crippen LogP contribution in [0.5, 0.6) is 0 Å². The van der Waals surface area contributed by atoms with E-state index in [4.69, 9.17) is 28.3 Å². The molecule has 1 fully saturated rings. The van der Waals surface area contributed by atoms with Gasteiger partial charge in [0.15, 0.2) is 0 Å². The Labute approximate surface area is 239 Å². The SMILES string of the molecule is O=C(O)C(=O)CCN1CCSCCC1C(=O)N[C@@H](Cc1ccc(NC(=O)c2c(Cl)cccc2Cl)cc1)C(=O)O. The average Bonchev–Trinajstić information content (AvgIpc) is 3.13. The molecule has 0 bridgehead atoms. The summed E-state index contributed by atoms with van der Waals surface area (Å²) in [6.45, 7) is 0.564. The van der Waals surface area contributed by atoms with Gasteiger partial charge in [0.05, 0.1) is 21.7 Å². The molecule has 0 saturated carbocycles. The summed E-state index contributed by atoms with van der Waals surface area (Å²) in [5.41, 5.74) is 1.19. The van der Waals surface area contributed by atoms with Gasteiger partial charge < -0.3 is 20.8 Å². The summed E-state index contributed by atoms with van der Waals surface area (Å²) in [6.07, 6.45) is 0.191. The molecule has 2 amide bonds. The Hall–Kier alpha value is -3.12. The van der Waals surface area contributed by atoms with Gasteiger partial charge in [-0.1, -0.05) is 41.4 Å². The van der Waals surface area contributed by atoms with E-state index in [1.165, 1.54) is 0 Å². The number of thioether (sulfide) groups is 1. The van der Waals surface area contributed by atoms with Crippen LogP contribution in [0.1, 0.15) is 28.8 Å². The van der Waals surface area contributed by atoms with Crippen LogP contribution in [-0.2, 0) is 25.6 Å². The third-order valence-corrected chi connectivity index (χ3v) is 7.75. The molecule has 3 rings (SSSR count). The van der Waals surface area contributed by atoms with E-state index in [0.29, 0.717) is 35.7 Å². The van der Waals surface area contributed by atoms with Crippen LogP contribution in [-0.4, -0.2) is 81.3 Å². The van der Waals surface area contributed by atoms with Gasteiger partial charge in [-0.2, -0.15) is 11.8 Å². The Morgan fingerprint density at radius 3 is 2.28 bits per heavy atom. The minimum atomic E-state index is -1.52. The largest absolute Gasteiger partial charge is 0.480 e. The summed E-state index contributed by atoms with van der Waals surface area (Å²) in [4.78, 5) is 61.8. The van der Waals surface area contributed by atoms with Gasteiger partial charge in [0.25, 0.3) is 5.91 Å². The van der Waals surface area contributed by atoms with Crippen LogP contribution in [0.4, 0.5) is 5.69 Å². The maximum Gasteiger partial charge on any atom is 0.372 e. The Balaban J connectivity index is 1.64. The van der Waals surface area contributed by atoms with Crippen LogP contribution in [0.3, 0.4) is 0 Å². The zero-order valence-electron chi connectivity index (χ0n) is 20.7. The number of Topliss-reactive ketones (excluding diaryl/α,β-unsaturated/α-hetero) is 1. The highest BCUT2D eigenvalue weighted by atomic mass is 35.5. The van der Waals surface area contributed by atoms with E-state index in [1.807, 2.05) is 0 Å². The second-order valence-corrected chi connectivity index (χ2v) is 10.8. The van der Waals surface area contributed by atoms with Crippen LogP contribution in [0, 0.1) is 0 Å². The molecule has 39 heavy (non-hydrogen) atoms. The Morgan fingerprint density at radius 2 is 1.67 bits per heavy atom. The molecule has 0 aliphatic carbocycles. The molecule has 4 N–H and O–H groups in total. The number of carbonyl (C=O) groups is 5. The Bertz CT molecular complexity index is 1220. The van der Waals surface area contributed by atoms with Crippen molar-refractivity contribution in [1.29, 1.82) is 0 Å². The standard InChI is InChI=1S/C26H27Cl2N3O7S/c27-17-2-1-3-18(28)22(17)24(34)29-16-6-4-15(5-7-16)14-19(25(35)36)30-23(33)20-9-12-39-13-11-31(20)10-8-21(32)26(37)38/h1-7,19-20H,8-14H2,(H,29,34)(H,30,33)(H,35,36)(H,37,38)/t19-,20?/m0/s1. The van der Waals surface area contributed by atoms with Gasteiger partial charge in [0, 0.05) is 37.4 Å². The van der Waals surface area contributed by atoms with Crippen molar-refractivity contribution in [2.75, 3.05) is 29.9 Å². The fraction of sp³-hybridized carbons (Fsp3) is 0.346. The van der Waals surface area contributed by atoms with Crippen LogP contribution >= 0.6 is 35.0 Å². The van der Waals surface area contributed by atoms with Crippen molar-refractivity contribution in [2.24, 2.45) is 0 Å². The molecule has 0 spiro atoms. The van der Waals surface area contributed by atoms with Crippen molar-refractivity contribution >= 4 is 70.2 Å². The smallest absolute Gasteiger partial charge is 0.372 e. The van der Waals surface area contributed by atoms with Crippen molar-refractivity contribution in [2.45, 2.75) is 31.3 Å². The van der Waals surface area contributed by atoms with Gasteiger partial charge in [-0.25, -0.2) is 9.59 Å². The molecule has 0 radical (unpaired) electrons. The number of hydrogen-bond donors (Lipinski definition) is 4. The highest BCUT2D eigenvalue weighted by Crippen LogP contribution is 2.25. The summed E-state index contributed by atoms with van der Waals surface area (Å²) in [5.74, 6) is -3.29. The van der Waals surface area contributed by atoms with Crippen molar-refractivity contribution in [1.82, 2.24) is 10.2 Å². The molecule has 13 heteroatoms. The second-order valence-electron chi connectivity index (χ2n) is 8.78. The van der Waals surface area contributed by atoms with E-state index in [0.717, 1.165) is 0 Å². The quantitative estimate of drug-likeness (QED) is 0.287. The second kappa shape index (κ2) is 14.3. The number of nitrogens with zero attached hydrogens (tertiary/aromatic N) is 1. The third kappa shape index (κ3) is 8.69. The number of carboxylic acids is 2. The molecule has 2 atom stereocenters. The topological polar surface area (TPSA) is 153 Å². The normalized spacial score (nSPS) is 16.5. The fourth-order valence-corrected chi connectivity index (χ4v) is 5.60. The van der Waals surface area contributed by atoms with E-state index in [9.17, 15) is 29.1 Å². The third-order valence-electron chi connectivity index (χ3n) is 6.12. The number of halogens is 2. The van der Waals surface area contributed by atoms with Crippen LogP contribution in [0.2, 0.25) is 10.0 Å². The number of carbonyl (C=O) groups excluding carboxylic acids is 3. The number of aliphatic carboxylic acids is 2. The van der Waals surface area contributed by atoms with Gasteiger partial charge >= 0.3 is 11.9 Å². The zero-order chi connectivity index (χ0) is 28.5. The van der Waals surface area contributed by atoms with Gasteiger partial charge in [0.2, 0.25) is 11.7 Å². The Kier molecular flexibility index (Phi) is 11.2. The molecule has 10 nitrogen and oxygen atoms in total. The molecule has 1 aliphatic rings. The molecule has 1 aliphatic heterocycles. The predicted molar refractivity (Wildman–Crippen MR) is 149 cm³/mol. The first kappa shape index (κ1) is 30.4. The number of anilines is 1. The van der Waals surface area contributed by atoms with Crippen molar-refractivity contribution in [3.63, 3.8) is 0 Å². The molecular weight excluding hydrogens is 569 g/mol. The lowest BCUT2D eigenvalue weighted by molar-refractivity contribution is -0.149. The number of benzene rings is 2. The van der Waals surface area contributed by atoms with Gasteiger partial charge in [0.1, 0.15) is 6.04 Å². The fourth-order valence-electron chi connectivity index (χ4n) is 4.07. The average molecular weight is 596 g/mol. The minimum absolute atomic E-state index is 0.00931. The van der Waals surface area contributed by atoms with E-state index in [2.05, 4.69) is 10.6 Å². The lowest BCUT2D eigenvalue weighted by Crippen LogP contribution is -2.52. The first-order valence-electron chi connectivity index (χ1n) is 12.0. The lowest BCUT2D eigenvalue weighted by atomic mass is 10.0. The van der Waals surface area contributed by atoms with E-state index in [-0.39, 0.29) is 35.0 Å². The number of nitrogens with one attached hydrogen (secondary N) is 2. The lowest BCUT2D eigenvalue weighted by Gasteiger charge is -2.29. The van der Waals surface area contributed by atoms with Crippen molar-refractivity contribution in [3.8, 4) is 0 Å². The molecule has 2 aromatic rings. The van der Waals surface area contributed by atoms with Crippen molar-refractivity contribution in [3.05, 3.63) is 63.6 Å². The maximum absolute atomic E-state index is 13.1. The summed E-state index contributed by atoms with van der Waals surface area (Å²) in [7, 11) is 0. The van der Waals surface area contributed by atoms with Gasteiger partial charge in [-0.15, -0.1) is 0 Å². The van der Waals surface area contributed by atoms with E-state index < -0.39 is 41.6 Å².